The lowest BCUT2D eigenvalue weighted by molar-refractivity contribution is 0.397. The normalized spacial score (nSPS) is 19.4. The molecule has 0 fully saturated rings. The van der Waals surface area contributed by atoms with Crippen LogP contribution >= 0.6 is 11.8 Å². The zero-order chi connectivity index (χ0) is 11.4. The van der Waals surface area contributed by atoms with E-state index in [-0.39, 0.29) is 0 Å². The van der Waals surface area contributed by atoms with E-state index in [0.717, 1.165) is 23.8 Å². The first kappa shape index (κ1) is 11.3. The maximum absolute atomic E-state index is 5.07. The van der Waals surface area contributed by atoms with Gasteiger partial charge in [-0.1, -0.05) is 18.7 Å². The number of aromatic nitrogens is 1. The van der Waals surface area contributed by atoms with Gasteiger partial charge in [-0.2, -0.15) is 0 Å². The SMILES string of the molecule is COc1cc(CNC2=NCC(C)S2)ccn1. The second-order valence-corrected chi connectivity index (χ2v) is 5.06. The number of rotatable bonds is 3. The van der Waals surface area contributed by atoms with Crippen LogP contribution in [0.5, 0.6) is 5.88 Å². The molecule has 1 aliphatic rings. The molecule has 0 amide bonds. The maximum Gasteiger partial charge on any atom is 0.213 e. The Bertz CT molecular complexity index is 395. The number of thioether (sulfide) groups is 1. The summed E-state index contributed by atoms with van der Waals surface area (Å²) in [5.41, 5.74) is 1.15. The number of hydrogen-bond donors (Lipinski definition) is 1. The average Bonchev–Trinajstić information content (AvgIpc) is 2.73. The quantitative estimate of drug-likeness (QED) is 0.868. The zero-order valence-electron chi connectivity index (χ0n) is 9.43. The van der Waals surface area contributed by atoms with Crippen molar-refractivity contribution in [3.8, 4) is 5.88 Å². The fourth-order valence-electron chi connectivity index (χ4n) is 1.42. The van der Waals surface area contributed by atoms with Crippen molar-refractivity contribution in [3.63, 3.8) is 0 Å². The molecule has 1 aliphatic heterocycles. The van der Waals surface area contributed by atoms with Gasteiger partial charge in [0.1, 0.15) is 0 Å². The number of amidine groups is 1. The molecule has 2 rings (SSSR count). The first-order valence-corrected chi connectivity index (χ1v) is 6.10. The Morgan fingerprint density at radius 2 is 2.50 bits per heavy atom. The first-order chi connectivity index (χ1) is 7.78. The Morgan fingerprint density at radius 1 is 1.62 bits per heavy atom. The van der Waals surface area contributed by atoms with E-state index in [4.69, 9.17) is 4.74 Å². The molecule has 0 saturated carbocycles. The van der Waals surface area contributed by atoms with E-state index in [9.17, 15) is 0 Å². The van der Waals surface area contributed by atoms with Crippen molar-refractivity contribution in [2.45, 2.75) is 18.7 Å². The minimum atomic E-state index is 0.592. The Kier molecular flexibility index (Phi) is 3.66. The molecule has 1 atom stereocenters. The second-order valence-electron chi connectivity index (χ2n) is 3.63. The lowest BCUT2D eigenvalue weighted by Gasteiger charge is -2.06. The third kappa shape index (κ3) is 2.88. The second kappa shape index (κ2) is 5.21. The number of nitrogens with one attached hydrogen (secondary N) is 1. The molecule has 5 heteroatoms. The van der Waals surface area contributed by atoms with E-state index in [0.29, 0.717) is 11.1 Å². The van der Waals surface area contributed by atoms with Crippen molar-refractivity contribution in [1.29, 1.82) is 0 Å². The van der Waals surface area contributed by atoms with Crippen molar-refractivity contribution in [1.82, 2.24) is 10.3 Å². The van der Waals surface area contributed by atoms with Gasteiger partial charge < -0.3 is 10.1 Å². The third-order valence-corrected chi connectivity index (χ3v) is 3.31. The smallest absolute Gasteiger partial charge is 0.213 e. The summed E-state index contributed by atoms with van der Waals surface area (Å²) in [5, 5.41) is 4.93. The maximum atomic E-state index is 5.07. The lowest BCUT2D eigenvalue weighted by atomic mass is 10.3. The highest BCUT2D eigenvalue weighted by Gasteiger charge is 2.14. The van der Waals surface area contributed by atoms with Gasteiger partial charge in [-0.25, -0.2) is 4.98 Å². The van der Waals surface area contributed by atoms with Gasteiger partial charge in [0, 0.05) is 24.1 Å². The van der Waals surface area contributed by atoms with Gasteiger partial charge in [-0.05, 0) is 11.6 Å². The summed E-state index contributed by atoms with van der Waals surface area (Å²) in [6.45, 7) is 3.85. The summed E-state index contributed by atoms with van der Waals surface area (Å²) in [6.07, 6.45) is 1.75. The number of hydrogen-bond acceptors (Lipinski definition) is 5. The number of nitrogens with zero attached hydrogens (tertiary/aromatic N) is 2. The molecule has 1 N–H and O–H groups in total. The van der Waals surface area contributed by atoms with Crippen LogP contribution in [0.15, 0.2) is 23.3 Å². The summed E-state index contributed by atoms with van der Waals surface area (Å²) < 4.78 is 5.07. The topological polar surface area (TPSA) is 46.5 Å². The molecule has 0 aliphatic carbocycles. The summed E-state index contributed by atoms with van der Waals surface area (Å²) in [6, 6.07) is 3.90. The molecule has 1 aromatic heterocycles. The molecular weight excluding hydrogens is 222 g/mol. The minimum absolute atomic E-state index is 0.592. The van der Waals surface area contributed by atoms with Crippen molar-refractivity contribution >= 4 is 16.9 Å². The Morgan fingerprint density at radius 3 is 3.19 bits per heavy atom. The number of aliphatic imine (C=N–C) groups is 1. The molecule has 16 heavy (non-hydrogen) atoms. The highest BCUT2D eigenvalue weighted by Crippen LogP contribution is 2.19. The van der Waals surface area contributed by atoms with Crippen LogP contribution in [-0.4, -0.2) is 29.1 Å². The largest absolute Gasteiger partial charge is 0.481 e. The van der Waals surface area contributed by atoms with Crippen molar-refractivity contribution in [3.05, 3.63) is 23.9 Å². The molecule has 0 saturated heterocycles. The summed E-state index contributed by atoms with van der Waals surface area (Å²) in [7, 11) is 1.62. The monoisotopic (exact) mass is 237 g/mol. The van der Waals surface area contributed by atoms with Crippen LogP contribution in [0.1, 0.15) is 12.5 Å². The van der Waals surface area contributed by atoms with Gasteiger partial charge in [0.25, 0.3) is 0 Å². The third-order valence-electron chi connectivity index (χ3n) is 2.26. The predicted molar refractivity (Wildman–Crippen MR) is 67.0 cm³/mol. The molecule has 1 aromatic rings. The lowest BCUT2D eigenvalue weighted by Crippen LogP contribution is -2.18. The van der Waals surface area contributed by atoms with E-state index in [1.807, 2.05) is 12.1 Å². The van der Waals surface area contributed by atoms with E-state index < -0.39 is 0 Å². The Hall–Kier alpha value is -1.23. The van der Waals surface area contributed by atoms with Gasteiger partial charge in [0.2, 0.25) is 5.88 Å². The number of methoxy groups -OCH3 is 1. The van der Waals surface area contributed by atoms with Crippen LogP contribution in [0.25, 0.3) is 0 Å². The predicted octanol–water partition coefficient (Wildman–Crippen LogP) is 1.67. The van der Waals surface area contributed by atoms with E-state index in [1.54, 1.807) is 25.1 Å². The molecule has 0 radical (unpaired) electrons. The fraction of sp³-hybridized carbons (Fsp3) is 0.455. The molecule has 2 heterocycles. The van der Waals surface area contributed by atoms with Gasteiger partial charge in [-0.3, -0.25) is 4.99 Å². The molecule has 0 aromatic carbocycles. The van der Waals surface area contributed by atoms with Crippen molar-refractivity contribution in [2.24, 2.45) is 4.99 Å². The molecule has 4 nitrogen and oxygen atoms in total. The standard InChI is InChI=1S/C11H15N3OS/c1-8-6-13-11(16-8)14-7-9-3-4-12-10(5-9)15-2/h3-5,8H,6-7H2,1-2H3,(H,13,14). The van der Waals surface area contributed by atoms with Gasteiger partial charge in [0.05, 0.1) is 13.7 Å². The molecule has 86 valence electrons. The summed E-state index contributed by atoms with van der Waals surface area (Å²) >= 11 is 1.79. The van der Waals surface area contributed by atoms with Crippen molar-refractivity contribution in [2.75, 3.05) is 13.7 Å². The molecule has 0 spiro atoms. The zero-order valence-corrected chi connectivity index (χ0v) is 10.3. The van der Waals surface area contributed by atoms with Crippen LogP contribution in [0.2, 0.25) is 0 Å². The van der Waals surface area contributed by atoms with E-state index >= 15 is 0 Å². The van der Waals surface area contributed by atoms with Crippen LogP contribution < -0.4 is 10.1 Å². The Labute approximate surface area is 99.5 Å². The minimum Gasteiger partial charge on any atom is -0.481 e. The summed E-state index contributed by atoms with van der Waals surface area (Å²) in [5.74, 6) is 0.647. The van der Waals surface area contributed by atoms with Crippen LogP contribution in [0.4, 0.5) is 0 Å². The highest BCUT2D eigenvalue weighted by atomic mass is 32.2. The van der Waals surface area contributed by atoms with Gasteiger partial charge >= 0.3 is 0 Å². The van der Waals surface area contributed by atoms with Crippen LogP contribution in [0.3, 0.4) is 0 Å². The van der Waals surface area contributed by atoms with Crippen molar-refractivity contribution < 1.29 is 4.74 Å². The molecular formula is C11H15N3OS. The van der Waals surface area contributed by atoms with Gasteiger partial charge in [0.15, 0.2) is 5.17 Å². The Balaban J connectivity index is 1.89. The highest BCUT2D eigenvalue weighted by molar-refractivity contribution is 8.14. The molecule has 0 bridgehead atoms. The van der Waals surface area contributed by atoms with E-state index in [2.05, 4.69) is 22.2 Å². The first-order valence-electron chi connectivity index (χ1n) is 5.22. The number of pyridine rings is 1. The number of ether oxygens (including phenoxy) is 1. The van der Waals surface area contributed by atoms with Gasteiger partial charge in [-0.15, -0.1) is 0 Å². The summed E-state index contributed by atoms with van der Waals surface area (Å²) in [4.78, 5) is 8.46. The van der Waals surface area contributed by atoms with Crippen LogP contribution in [-0.2, 0) is 6.54 Å². The molecule has 1 unspecified atom stereocenters. The van der Waals surface area contributed by atoms with Crippen LogP contribution in [0, 0.1) is 0 Å². The fourth-order valence-corrected chi connectivity index (χ4v) is 2.26. The average molecular weight is 237 g/mol. The van der Waals surface area contributed by atoms with E-state index in [1.165, 1.54) is 0 Å².